The van der Waals surface area contributed by atoms with Crippen LogP contribution in [-0.4, -0.2) is 36.9 Å². The van der Waals surface area contributed by atoms with Crippen molar-refractivity contribution in [3.8, 4) is 23.0 Å². The predicted octanol–water partition coefficient (Wildman–Crippen LogP) is 8.16. The summed E-state index contributed by atoms with van der Waals surface area (Å²) in [4.78, 5) is 17.3. The number of benzene rings is 4. The van der Waals surface area contributed by atoms with Gasteiger partial charge < -0.3 is 19.3 Å². The first kappa shape index (κ1) is 27.4. The lowest BCUT2D eigenvalue weighted by molar-refractivity contribution is 0.0960. The summed E-state index contributed by atoms with van der Waals surface area (Å²) in [5, 5.41) is 9.93. The number of hydrogen-bond acceptors (Lipinski definition) is 8. The average Bonchev–Trinajstić information content (AvgIpc) is 3.00. The Balaban J connectivity index is 1.35. The number of aliphatic imine (C=N–C) groups is 4. The molecule has 8 nitrogen and oxygen atoms in total. The zero-order valence-corrected chi connectivity index (χ0v) is 22.7. The molecular weight excluding hydrogens is 516 g/mol. The fraction of sp³-hybridized carbons (Fsp3) is 0.212. The lowest BCUT2D eigenvalue weighted by atomic mass is 9.92. The van der Waals surface area contributed by atoms with Gasteiger partial charge in [-0.15, -0.1) is 0 Å². The van der Waals surface area contributed by atoms with Gasteiger partial charge in [0.2, 0.25) is 0 Å². The smallest absolute Gasteiger partial charge is 0.145 e. The third kappa shape index (κ3) is 7.28. The molecule has 8 heteroatoms. The molecule has 1 aliphatic rings. The molecule has 4 aromatic rings. The van der Waals surface area contributed by atoms with Gasteiger partial charge in [-0.2, -0.15) is 20.0 Å². The van der Waals surface area contributed by atoms with E-state index in [1.807, 2.05) is 72.8 Å². The Hall–Kier alpha value is -5.16. The lowest BCUT2D eigenvalue weighted by Gasteiger charge is -2.27. The van der Waals surface area contributed by atoms with E-state index in [0.717, 1.165) is 6.42 Å². The zero-order valence-electron chi connectivity index (χ0n) is 22.7. The van der Waals surface area contributed by atoms with Crippen LogP contribution in [0, 0.1) is 11.8 Å². The minimum atomic E-state index is 0.00628. The quantitative estimate of drug-likeness (QED) is 0.236. The minimum absolute atomic E-state index is 0.00628. The normalized spacial score (nSPS) is 14.9. The Kier molecular flexibility index (Phi) is 9.20. The molecule has 0 spiro atoms. The molecule has 0 saturated heterocycles. The maximum atomic E-state index is 9.93. The van der Waals surface area contributed by atoms with Crippen molar-refractivity contribution in [1.29, 1.82) is 0 Å². The Morgan fingerprint density at radius 1 is 0.829 bits per heavy atom. The van der Waals surface area contributed by atoms with E-state index in [1.54, 1.807) is 24.3 Å². The van der Waals surface area contributed by atoms with Crippen molar-refractivity contribution >= 4 is 34.8 Å². The minimum Gasteiger partial charge on any atom is -0.506 e. The molecule has 1 N–H and O–H groups in total. The maximum Gasteiger partial charge on any atom is 0.145 e. The monoisotopic (exact) mass is 546 g/mol. The number of hydrogen-bond donors (Lipinski definition) is 1. The number of aromatic hydroxyl groups is 1. The third-order valence-electron chi connectivity index (χ3n) is 6.71. The van der Waals surface area contributed by atoms with Gasteiger partial charge in [-0.1, -0.05) is 55.5 Å². The molecule has 5 rings (SSSR count). The summed E-state index contributed by atoms with van der Waals surface area (Å²) >= 11 is 0. The summed E-state index contributed by atoms with van der Waals surface area (Å²) in [5.41, 5.74) is 2.31. The molecule has 0 aliphatic carbocycles. The summed E-state index contributed by atoms with van der Waals surface area (Å²) in [6, 6.07) is 34.9. The second-order valence-electron chi connectivity index (χ2n) is 9.40. The van der Waals surface area contributed by atoms with Crippen LogP contribution in [0.1, 0.15) is 13.3 Å². The summed E-state index contributed by atoms with van der Waals surface area (Å²) < 4.78 is 18.8. The van der Waals surface area contributed by atoms with Gasteiger partial charge in [-0.05, 0) is 55.0 Å². The van der Waals surface area contributed by atoms with Crippen molar-refractivity contribution < 1.29 is 19.3 Å². The Morgan fingerprint density at radius 3 is 2.05 bits per heavy atom. The molecule has 0 saturated carbocycles. The van der Waals surface area contributed by atoms with Crippen LogP contribution in [0.15, 0.2) is 117 Å². The van der Waals surface area contributed by atoms with Crippen LogP contribution >= 0.6 is 0 Å². The van der Waals surface area contributed by atoms with Gasteiger partial charge in [0.1, 0.15) is 57.8 Å². The summed E-state index contributed by atoms with van der Waals surface area (Å²) in [6.07, 6.45) is 0.844. The molecule has 41 heavy (non-hydrogen) atoms. The van der Waals surface area contributed by atoms with Gasteiger partial charge in [0.25, 0.3) is 0 Å². The van der Waals surface area contributed by atoms with E-state index in [1.165, 1.54) is 0 Å². The number of para-hydroxylation sites is 8. The highest BCUT2D eigenvalue weighted by Gasteiger charge is 2.24. The highest BCUT2D eigenvalue weighted by molar-refractivity contribution is 5.65. The Labute approximate surface area is 239 Å². The molecule has 1 atom stereocenters. The van der Waals surface area contributed by atoms with E-state index in [-0.39, 0.29) is 17.6 Å². The molecule has 1 unspecified atom stereocenters. The molecule has 206 valence electrons. The highest BCUT2D eigenvalue weighted by Crippen LogP contribution is 2.33. The van der Waals surface area contributed by atoms with Crippen molar-refractivity contribution in [2.24, 2.45) is 31.8 Å². The maximum absolute atomic E-state index is 9.93. The van der Waals surface area contributed by atoms with Crippen LogP contribution in [0.2, 0.25) is 0 Å². The predicted molar refractivity (Wildman–Crippen MR) is 160 cm³/mol. The van der Waals surface area contributed by atoms with Crippen molar-refractivity contribution in [1.82, 2.24) is 0 Å². The first-order valence-electron chi connectivity index (χ1n) is 13.5. The van der Waals surface area contributed by atoms with Gasteiger partial charge in [0.15, 0.2) is 0 Å². The van der Waals surface area contributed by atoms with Gasteiger partial charge in [-0.25, -0.2) is 0 Å². The highest BCUT2D eigenvalue weighted by atomic mass is 16.5. The van der Waals surface area contributed by atoms with E-state index >= 15 is 0 Å². The molecule has 0 radical (unpaired) electrons. The van der Waals surface area contributed by atoms with E-state index < -0.39 is 0 Å². The topological polar surface area (TPSA) is 97.4 Å². The number of nitrogens with zero attached hydrogens (tertiary/aromatic N) is 4. The van der Waals surface area contributed by atoms with Crippen LogP contribution in [-0.2, 0) is 0 Å². The van der Waals surface area contributed by atoms with Crippen LogP contribution in [0.25, 0.3) is 0 Å². The first-order valence-corrected chi connectivity index (χ1v) is 13.5. The second-order valence-corrected chi connectivity index (χ2v) is 9.40. The lowest BCUT2D eigenvalue weighted by Crippen LogP contribution is -2.31. The molecule has 1 heterocycles. The van der Waals surface area contributed by atoms with E-state index in [0.29, 0.717) is 59.8 Å². The molecule has 0 amide bonds. The zero-order chi connectivity index (χ0) is 28.3. The average molecular weight is 547 g/mol. The molecule has 1 aliphatic heterocycles. The summed E-state index contributed by atoms with van der Waals surface area (Å²) in [5.74, 6) is 2.11. The van der Waals surface area contributed by atoms with Crippen molar-refractivity contribution in [2.45, 2.75) is 13.3 Å². The largest absolute Gasteiger partial charge is 0.506 e. The summed E-state index contributed by atoms with van der Waals surface area (Å²) in [6.45, 7) is 3.39. The van der Waals surface area contributed by atoms with E-state index in [9.17, 15) is 5.11 Å². The number of ether oxygens (including phenoxy) is 3. The van der Waals surface area contributed by atoms with Gasteiger partial charge in [0, 0.05) is 11.8 Å². The number of phenolic OH excluding ortho intramolecular Hbond substituents is 1. The number of phenols is 1. The van der Waals surface area contributed by atoms with Crippen molar-refractivity contribution in [3.05, 3.63) is 97.1 Å². The molecule has 0 bridgehead atoms. The fourth-order valence-electron chi connectivity index (χ4n) is 4.34. The number of fused-ring (bicyclic) bond motifs is 2. The van der Waals surface area contributed by atoms with Crippen LogP contribution in [0.4, 0.5) is 22.7 Å². The molecular formula is C33H30N4O4. The second kappa shape index (κ2) is 13.8. The Morgan fingerprint density at radius 2 is 1.39 bits per heavy atom. The summed E-state index contributed by atoms with van der Waals surface area (Å²) in [7, 11) is 0. The van der Waals surface area contributed by atoms with Crippen molar-refractivity contribution in [3.63, 3.8) is 0 Å². The van der Waals surface area contributed by atoms with Gasteiger partial charge in [0.05, 0.1) is 19.8 Å². The van der Waals surface area contributed by atoms with E-state index in [4.69, 9.17) is 14.2 Å². The Bertz CT molecular complexity index is 1550. The standard InChI is InChI=1S/C33H30N4O4/c1-2-24(19-39-31-16-8-4-12-27(31)35-22-34-26-11-3-7-15-30(26)38)25-20-40-32-17-9-5-13-28(32)36-23-37-29-14-6-10-18-33(29)41-21-25/h3-18,24-25,38H,2,19-21H2,1H3. The third-order valence-corrected chi connectivity index (χ3v) is 6.71. The van der Waals surface area contributed by atoms with Crippen LogP contribution in [0.5, 0.6) is 23.0 Å². The molecule has 0 aromatic heterocycles. The van der Waals surface area contributed by atoms with Crippen molar-refractivity contribution in [2.75, 3.05) is 19.8 Å². The number of rotatable bonds is 7. The first-order chi connectivity index (χ1) is 20.2. The van der Waals surface area contributed by atoms with Crippen LogP contribution in [0.3, 0.4) is 0 Å². The van der Waals surface area contributed by atoms with Crippen LogP contribution < -0.4 is 14.2 Å². The molecule has 4 aromatic carbocycles. The van der Waals surface area contributed by atoms with Gasteiger partial charge in [-0.3, -0.25) is 0 Å². The molecule has 0 fully saturated rings. The van der Waals surface area contributed by atoms with E-state index in [2.05, 4.69) is 38.9 Å². The fourth-order valence-corrected chi connectivity index (χ4v) is 4.34. The van der Waals surface area contributed by atoms with Gasteiger partial charge >= 0.3 is 0 Å². The SMILES string of the molecule is CCC(COc1ccccc1N=C=Nc1ccccc1O)C1COc2ccccc2N=C=Nc2ccccc2OC1.